The van der Waals surface area contributed by atoms with E-state index in [0.29, 0.717) is 18.4 Å². The molecule has 1 unspecified atom stereocenters. The van der Waals surface area contributed by atoms with Gasteiger partial charge in [-0.05, 0) is 44.1 Å². The quantitative estimate of drug-likeness (QED) is 0.774. The lowest BCUT2D eigenvalue weighted by Crippen LogP contribution is -2.44. The number of aromatic nitrogens is 2. The minimum atomic E-state index is -4.27. The van der Waals surface area contributed by atoms with Crippen LogP contribution < -0.4 is 5.56 Å². The van der Waals surface area contributed by atoms with Gasteiger partial charge in [-0.25, -0.2) is 4.98 Å². The molecule has 1 saturated heterocycles. The van der Waals surface area contributed by atoms with Crippen molar-refractivity contribution in [3.63, 3.8) is 0 Å². The predicted molar refractivity (Wildman–Crippen MR) is 100 cm³/mol. The maximum Gasteiger partial charge on any atom is 0.393 e. The predicted octanol–water partition coefficient (Wildman–Crippen LogP) is 3.53. The number of piperidine rings is 1. The fourth-order valence-electron chi connectivity index (χ4n) is 4.19. The average Bonchev–Trinajstić information content (AvgIpc) is 3.06. The summed E-state index contributed by atoms with van der Waals surface area (Å²) < 4.78 is 40.3. The molecule has 1 amide bonds. The zero-order chi connectivity index (χ0) is 19.9. The number of nitrogens with zero attached hydrogens (tertiary/aromatic N) is 3. The number of carbonyl (C=O) groups excluding carboxylic acids is 1. The van der Waals surface area contributed by atoms with Gasteiger partial charge >= 0.3 is 6.18 Å². The summed E-state index contributed by atoms with van der Waals surface area (Å²) in [5, 5.41) is 0.657. The first-order valence-electron chi connectivity index (χ1n) is 9.69. The molecule has 4 rings (SSSR count). The summed E-state index contributed by atoms with van der Waals surface area (Å²) in [7, 11) is 0. The molecule has 0 aromatic carbocycles. The van der Waals surface area contributed by atoms with E-state index in [-0.39, 0.29) is 37.4 Å². The largest absolute Gasteiger partial charge is 0.393 e. The molecule has 0 N–H and O–H groups in total. The molecule has 0 spiro atoms. The van der Waals surface area contributed by atoms with E-state index in [4.69, 9.17) is 0 Å². The van der Waals surface area contributed by atoms with Crippen molar-refractivity contribution in [3.05, 3.63) is 27.1 Å². The highest BCUT2D eigenvalue weighted by molar-refractivity contribution is 7.18. The Morgan fingerprint density at radius 2 is 2.04 bits per heavy atom. The Morgan fingerprint density at radius 3 is 2.82 bits per heavy atom. The van der Waals surface area contributed by atoms with E-state index in [0.717, 1.165) is 36.1 Å². The zero-order valence-electron chi connectivity index (χ0n) is 15.4. The standard InChI is InChI=1S/C19H22F3N3O2S/c20-19(21,22)12-4-3-8-24(10-12)15(26)7-9-25-11-23-17-16(18(25)27)13-5-1-2-6-14(13)28-17/h11-12H,1-10H2. The molecule has 0 bridgehead atoms. The molecule has 1 atom stereocenters. The molecule has 5 nitrogen and oxygen atoms in total. The molecule has 1 aliphatic heterocycles. The number of fused-ring (bicyclic) bond motifs is 3. The molecule has 152 valence electrons. The molecular weight excluding hydrogens is 391 g/mol. The molecule has 0 radical (unpaired) electrons. The van der Waals surface area contributed by atoms with E-state index in [1.165, 1.54) is 20.7 Å². The van der Waals surface area contributed by atoms with Crippen LogP contribution in [0.1, 0.15) is 42.5 Å². The van der Waals surface area contributed by atoms with Crippen molar-refractivity contribution < 1.29 is 18.0 Å². The summed E-state index contributed by atoms with van der Waals surface area (Å²) in [5.74, 6) is -1.79. The fourth-order valence-corrected chi connectivity index (χ4v) is 5.40. The Balaban J connectivity index is 1.47. The number of amides is 1. The van der Waals surface area contributed by atoms with Crippen molar-refractivity contribution in [1.29, 1.82) is 0 Å². The summed E-state index contributed by atoms with van der Waals surface area (Å²) in [6.45, 7) is 0.195. The number of hydrogen-bond acceptors (Lipinski definition) is 4. The molecule has 1 fully saturated rings. The second-order valence-corrected chi connectivity index (χ2v) is 8.69. The molecule has 2 aromatic rings. The molecule has 0 saturated carbocycles. The second kappa shape index (κ2) is 7.50. The third-order valence-corrected chi connectivity index (χ3v) is 6.95. The van der Waals surface area contributed by atoms with Crippen LogP contribution in [0.3, 0.4) is 0 Å². The highest BCUT2D eigenvalue weighted by Crippen LogP contribution is 2.34. The second-order valence-electron chi connectivity index (χ2n) is 7.60. The average molecular weight is 413 g/mol. The molecule has 28 heavy (non-hydrogen) atoms. The minimum absolute atomic E-state index is 0.00397. The van der Waals surface area contributed by atoms with Crippen LogP contribution in [-0.4, -0.2) is 39.6 Å². The summed E-state index contributed by atoms with van der Waals surface area (Å²) >= 11 is 1.57. The van der Waals surface area contributed by atoms with E-state index >= 15 is 0 Å². The van der Waals surface area contributed by atoms with E-state index < -0.39 is 12.1 Å². The van der Waals surface area contributed by atoms with Gasteiger partial charge in [-0.3, -0.25) is 14.2 Å². The molecule has 3 heterocycles. The number of thiophene rings is 1. The minimum Gasteiger partial charge on any atom is -0.342 e. The van der Waals surface area contributed by atoms with Crippen LogP contribution in [0.2, 0.25) is 0 Å². The maximum absolute atomic E-state index is 12.9. The van der Waals surface area contributed by atoms with Crippen LogP contribution in [0.25, 0.3) is 10.2 Å². The van der Waals surface area contributed by atoms with Crippen LogP contribution >= 0.6 is 11.3 Å². The smallest absolute Gasteiger partial charge is 0.342 e. The van der Waals surface area contributed by atoms with E-state index in [2.05, 4.69) is 4.98 Å². The number of alkyl halides is 3. The van der Waals surface area contributed by atoms with Gasteiger partial charge in [-0.2, -0.15) is 13.2 Å². The van der Waals surface area contributed by atoms with Crippen LogP contribution in [0, 0.1) is 5.92 Å². The lowest BCUT2D eigenvalue weighted by atomic mass is 9.97. The third-order valence-electron chi connectivity index (χ3n) is 5.75. The number of halogens is 3. The number of aryl methyl sites for hydroxylation is 3. The first-order valence-corrected chi connectivity index (χ1v) is 10.5. The van der Waals surface area contributed by atoms with Crippen molar-refractivity contribution >= 4 is 27.5 Å². The van der Waals surface area contributed by atoms with E-state index in [1.54, 1.807) is 11.3 Å². The molecular formula is C19H22F3N3O2S. The van der Waals surface area contributed by atoms with Gasteiger partial charge in [0.25, 0.3) is 5.56 Å². The lowest BCUT2D eigenvalue weighted by molar-refractivity contribution is -0.188. The van der Waals surface area contributed by atoms with Crippen molar-refractivity contribution in [2.24, 2.45) is 5.92 Å². The van der Waals surface area contributed by atoms with Gasteiger partial charge in [0.15, 0.2) is 0 Å². The number of rotatable bonds is 3. The number of likely N-dealkylation sites (tertiary alicyclic amines) is 1. The van der Waals surface area contributed by atoms with Crippen LogP contribution in [0.5, 0.6) is 0 Å². The Bertz CT molecular complexity index is 950. The van der Waals surface area contributed by atoms with Gasteiger partial charge in [-0.15, -0.1) is 11.3 Å². The van der Waals surface area contributed by atoms with E-state index in [9.17, 15) is 22.8 Å². The van der Waals surface area contributed by atoms with Gasteiger partial charge in [0.05, 0.1) is 17.6 Å². The van der Waals surface area contributed by atoms with Gasteiger partial charge in [0, 0.05) is 30.9 Å². The molecule has 2 aliphatic rings. The Hall–Kier alpha value is -1.90. The first kappa shape index (κ1) is 19.4. The van der Waals surface area contributed by atoms with Gasteiger partial charge < -0.3 is 4.90 Å². The fraction of sp³-hybridized carbons (Fsp3) is 0.632. The first-order chi connectivity index (χ1) is 13.3. The Morgan fingerprint density at radius 1 is 1.25 bits per heavy atom. The molecule has 2 aromatic heterocycles. The molecule has 9 heteroatoms. The summed E-state index contributed by atoms with van der Waals surface area (Å²) in [5.41, 5.74) is 0.942. The number of hydrogen-bond donors (Lipinski definition) is 0. The summed E-state index contributed by atoms with van der Waals surface area (Å²) in [6.07, 6.45) is 1.63. The maximum atomic E-state index is 12.9. The topological polar surface area (TPSA) is 55.2 Å². The van der Waals surface area contributed by atoms with E-state index in [1.807, 2.05) is 0 Å². The Labute approximate surface area is 164 Å². The Kier molecular flexibility index (Phi) is 5.20. The van der Waals surface area contributed by atoms with Crippen molar-refractivity contribution in [3.8, 4) is 0 Å². The highest BCUT2D eigenvalue weighted by Gasteiger charge is 2.42. The van der Waals surface area contributed by atoms with Crippen LogP contribution in [0.4, 0.5) is 13.2 Å². The van der Waals surface area contributed by atoms with Crippen molar-refractivity contribution in [2.75, 3.05) is 13.1 Å². The van der Waals surface area contributed by atoms with Gasteiger partial charge in [0.2, 0.25) is 5.91 Å². The number of carbonyl (C=O) groups is 1. The van der Waals surface area contributed by atoms with Gasteiger partial charge in [0.1, 0.15) is 4.83 Å². The van der Waals surface area contributed by atoms with Gasteiger partial charge in [-0.1, -0.05) is 0 Å². The third kappa shape index (κ3) is 3.68. The monoisotopic (exact) mass is 413 g/mol. The zero-order valence-corrected chi connectivity index (χ0v) is 16.2. The van der Waals surface area contributed by atoms with Crippen LogP contribution in [0.15, 0.2) is 11.1 Å². The summed E-state index contributed by atoms with van der Waals surface area (Å²) in [4.78, 5) is 33.0. The SMILES string of the molecule is O=C(CCn1cnc2sc3c(c2c1=O)CCCC3)N1CCCC(C(F)(F)F)C1. The van der Waals surface area contributed by atoms with Crippen molar-refractivity contribution in [2.45, 2.75) is 57.7 Å². The molecule has 1 aliphatic carbocycles. The van der Waals surface area contributed by atoms with Crippen LogP contribution in [-0.2, 0) is 24.2 Å². The highest BCUT2D eigenvalue weighted by atomic mass is 32.1. The summed E-state index contributed by atoms with van der Waals surface area (Å²) in [6, 6.07) is 0. The lowest BCUT2D eigenvalue weighted by Gasteiger charge is -2.33. The normalized spacial score (nSPS) is 20.4. The van der Waals surface area contributed by atoms with Crippen molar-refractivity contribution in [1.82, 2.24) is 14.5 Å².